The molecule has 6 heteroatoms. The second-order valence-electron chi connectivity index (χ2n) is 4.91. The number of amides is 1. The number of hydrogen-bond acceptors (Lipinski definition) is 2. The number of carbonyl (C=O) groups excluding carboxylic acids is 1. The molecule has 96 valence electrons. The Morgan fingerprint density at radius 1 is 1.61 bits per heavy atom. The summed E-state index contributed by atoms with van der Waals surface area (Å²) in [7, 11) is 0. The van der Waals surface area contributed by atoms with Crippen molar-refractivity contribution in [1.82, 2.24) is 9.88 Å². The number of nitrogens with one attached hydrogen (secondary N) is 1. The highest BCUT2D eigenvalue weighted by Gasteiger charge is 2.34. The zero-order valence-corrected chi connectivity index (χ0v) is 11.4. The van der Waals surface area contributed by atoms with E-state index in [2.05, 4.69) is 22.0 Å². The number of hydrogen-bond donors (Lipinski definition) is 1. The fourth-order valence-corrected chi connectivity index (χ4v) is 2.21. The molecule has 0 atom stereocenters. The number of aliphatic imine (C=N–C) groups is 2. The molecule has 0 aromatic carbocycles. The molecule has 0 saturated heterocycles. The molecule has 1 aromatic rings. The molecular formula is C12H15ClN4O. The summed E-state index contributed by atoms with van der Waals surface area (Å²) in [5.41, 5.74) is 1.22. The van der Waals surface area contributed by atoms with E-state index < -0.39 is 0 Å². The molecular weight excluding hydrogens is 252 g/mol. The number of aryl methyl sites for hydroxylation is 1. The Kier molecular flexibility index (Phi) is 3.02. The zero-order chi connectivity index (χ0) is 13.5. The van der Waals surface area contributed by atoms with E-state index in [9.17, 15) is 4.79 Å². The Labute approximate surface area is 111 Å². The topological polar surface area (TPSA) is 58.8 Å². The first kappa shape index (κ1) is 12.8. The maximum Gasteiger partial charge on any atom is 0.268 e. The van der Waals surface area contributed by atoms with Gasteiger partial charge in [-0.05, 0) is 50.7 Å². The van der Waals surface area contributed by atoms with Gasteiger partial charge >= 0.3 is 0 Å². The average Bonchev–Trinajstić information content (AvgIpc) is 2.63. The number of carbonyl (C=O) groups is 1. The molecule has 0 aliphatic carbocycles. The summed E-state index contributed by atoms with van der Waals surface area (Å²) >= 11 is 5.81. The van der Waals surface area contributed by atoms with E-state index in [1.807, 2.05) is 31.4 Å². The summed E-state index contributed by atoms with van der Waals surface area (Å²) in [5, 5.41) is 2.93. The van der Waals surface area contributed by atoms with Crippen LogP contribution in [0.2, 0.25) is 0 Å². The van der Waals surface area contributed by atoms with E-state index in [0.29, 0.717) is 18.1 Å². The fraction of sp³-hybridized carbons (Fsp3) is 0.417. The van der Waals surface area contributed by atoms with E-state index in [4.69, 9.17) is 11.6 Å². The standard InChI is InChI=1S/C12H15ClN4O/c1-7-5-8-10(18)15-6-12(2,3)17(8)9(7)16-11(13)14-4/h5H,4,6H2,1-3H3,(H,15,18). The number of fused-ring (bicyclic) bond motifs is 1. The van der Waals surface area contributed by atoms with Gasteiger partial charge in [0.25, 0.3) is 5.91 Å². The van der Waals surface area contributed by atoms with Gasteiger partial charge in [0.05, 0.1) is 5.54 Å². The summed E-state index contributed by atoms with van der Waals surface area (Å²) in [4.78, 5) is 19.6. The van der Waals surface area contributed by atoms with Crippen molar-refractivity contribution in [1.29, 1.82) is 0 Å². The molecule has 0 saturated carbocycles. The Morgan fingerprint density at radius 2 is 2.28 bits per heavy atom. The van der Waals surface area contributed by atoms with Crippen LogP contribution < -0.4 is 5.32 Å². The molecule has 1 N–H and O–H groups in total. The van der Waals surface area contributed by atoms with Gasteiger partial charge in [-0.25, -0.2) is 9.98 Å². The van der Waals surface area contributed by atoms with Crippen LogP contribution in [0.25, 0.3) is 0 Å². The van der Waals surface area contributed by atoms with E-state index in [1.165, 1.54) is 0 Å². The average molecular weight is 267 g/mol. The Morgan fingerprint density at radius 3 is 2.89 bits per heavy atom. The predicted octanol–water partition coefficient (Wildman–Crippen LogP) is 2.20. The highest BCUT2D eigenvalue weighted by atomic mass is 35.5. The van der Waals surface area contributed by atoms with Crippen LogP contribution in [0, 0.1) is 6.92 Å². The van der Waals surface area contributed by atoms with Gasteiger partial charge in [-0.3, -0.25) is 4.79 Å². The van der Waals surface area contributed by atoms with E-state index in [-0.39, 0.29) is 16.7 Å². The second-order valence-corrected chi connectivity index (χ2v) is 5.24. The summed E-state index contributed by atoms with van der Waals surface area (Å²) in [6.07, 6.45) is 0. The normalized spacial score (nSPS) is 18.2. The van der Waals surface area contributed by atoms with Crippen LogP contribution in [0.3, 0.4) is 0 Å². The lowest BCUT2D eigenvalue weighted by Gasteiger charge is -2.34. The quantitative estimate of drug-likeness (QED) is 0.473. The van der Waals surface area contributed by atoms with E-state index in [1.54, 1.807) is 0 Å². The number of rotatable bonds is 1. The molecule has 5 nitrogen and oxygen atoms in total. The lowest BCUT2D eigenvalue weighted by atomic mass is 10.0. The van der Waals surface area contributed by atoms with Gasteiger partial charge < -0.3 is 9.88 Å². The second kappa shape index (κ2) is 4.24. The third-order valence-corrected chi connectivity index (χ3v) is 3.21. The van der Waals surface area contributed by atoms with Crippen LogP contribution in [-0.2, 0) is 5.54 Å². The Bertz CT molecular complexity index is 557. The van der Waals surface area contributed by atoms with Crippen LogP contribution in [0.1, 0.15) is 29.9 Å². The number of halogens is 1. The van der Waals surface area contributed by atoms with Crippen molar-refractivity contribution in [3.05, 3.63) is 17.3 Å². The predicted molar refractivity (Wildman–Crippen MR) is 73.3 cm³/mol. The maximum atomic E-state index is 11.8. The van der Waals surface area contributed by atoms with Crippen molar-refractivity contribution in [3.8, 4) is 0 Å². The van der Waals surface area contributed by atoms with E-state index in [0.717, 1.165) is 5.56 Å². The zero-order valence-electron chi connectivity index (χ0n) is 10.6. The molecule has 0 spiro atoms. The lowest BCUT2D eigenvalue weighted by molar-refractivity contribution is 0.0889. The first-order valence-corrected chi connectivity index (χ1v) is 5.96. The highest BCUT2D eigenvalue weighted by molar-refractivity contribution is 6.65. The van der Waals surface area contributed by atoms with Crippen molar-refractivity contribution >= 4 is 35.3 Å². The van der Waals surface area contributed by atoms with Crippen molar-refractivity contribution in [3.63, 3.8) is 0 Å². The largest absolute Gasteiger partial charge is 0.348 e. The molecule has 2 rings (SSSR count). The van der Waals surface area contributed by atoms with Crippen LogP contribution in [0.15, 0.2) is 16.1 Å². The first-order chi connectivity index (χ1) is 8.36. The van der Waals surface area contributed by atoms with Gasteiger partial charge in [0, 0.05) is 6.54 Å². The molecule has 0 radical (unpaired) electrons. The van der Waals surface area contributed by atoms with Gasteiger partial charge in [-0.2, -0.15) is 0 Å². The lowest BCUT2D eigenvalue weighted by Crippen LogP contribution is -2.47. The molecule has 2 heterocycles. The summed E-state index contributed by atoms with van der Waals surface area (Å²) in [6, 6.07) is 1.81. The van der Waals surface area contributed by atoms with E-state index >= 15 is 0 Å². The van der Waals surface area contributed by atoms with Crippen LogP contribution >= 0.6 is 11.6 Å². The van der Waals surface area contributed by atoms with Crippen molar-refractivity contribution in [2.75, 3.05) is 6.54 Å². The van der Waals surface area contributed by atoms with Crippen molar-refractivity contribution in [2.45, 2.75) is 26.3 Å². The molecule has 0 unspecified atom stereocenters. The molecule has 1 aromatic heterocycles. The van der Waals surface area contributed by atoms with Crippen LogP contribution in [0.4, 0.5) is 5.82 Å². The number of aromatic nitrogens is 1. The summed E-state index contributed by atoms with van der Waals surface area (Å²) in [6.45, 7) is 9.84. The minimum atomic E-state index is -0.255. The third-order valence-electron chi connectivity index (χ3n) is 3.01. The molecule has 18 heavy (non-hydrogen) atoms. The van der Waals surface area contributed by atoms with Gasteiger partial charge in [0.2, 0.25) is 5.29 Å². The molecule has 0 bridgehead atoms. The minimum Gasteiger partial charge on any atom is -0.348 e. The monoisotopic (exact) mass is 266 g/mol. The van der Waals surface area contributed by atoms with Gasteiger partial charge in [0.15, 0.2) is 0 Å². The molecule has 0 fully saturated rings. The third kappa shape index (κ3) is 1.95. The summed E-state index contributed by atoms with van der Waals surface area (Å²) < 4.78 is 1.90. The number of nitrogens with zero attached hydrogens (tertiary/aromatic N) is 3. The van der Waals surface area contributed by atoms with Crippen molar-refractivity contribution in [2.24, 2.45) is 9.98 Å². The van der Waals surface area contributed by atoms with Gasteiger partial charge in [0.1, 0.15) is 11.5 Å². The Balaban J connectivity index is 2.69. The maximum absolute atomic E-state index is 11.8. The van der Waals surface area contributed by atoms with Gasteiger partial charge in [-0.1, -0.05) is 0 Å². The highest BCUT2D eigenvalue weighted by Crippen LogP contribution is 2.33. The fourth-order valence-electron chi connectivity index (χ4n) is 2.13. The van der Waals surface area contributed by atoms with Crippen LogP contribution in [-0.4, -0.2) is 29.0 Å². The molecule has 1 amide bonds. The van der Waals surface area contributed by atoms with Gasteiger partial charge in [-0.15, -0.1) is 0 Å². The van der Waals surface area contributed by atoms with Crippen molar-refractivity contribution < 1.29 is 4.79 Å². The molecule has 1 aliphatic heterocycles. The summed E-state index contributed by atoms with van der Waals surface area (Å²) in [5.74, 6) is 0.559. The first-order valence-electron chi connectivity index (χ1n) is 5.59. The number of amidine groups is 1. The Hall–Kier alpha value is -1.62. The van der Waals surface area contributed by atoms with Crippen LogP contribution in [0.5, 0.6) is 0 Å². The minimum absolute atomic E-state index is 0.0702. The SMILES string of the molecule is C=NC(Cl)=Nc1c(C)cc2n1C(C)(C)CNC2=O. The molecule has 1 aliphatic rings. The smallest absolute Gasteiger partial charge is 0.268 e.